The lowest BCUT2D eigenvalue weighted by Gasteiger charge is -2.29. The smallest absolute Gasteiger partial charge is 0.242 e. The number of aryl methyl sites for hydroxylation is 1. The van der Waals surface area contributed by atoms with Gasteiger partial charge in [0.25, 0.3) is 0 Å². The van der Waals surface area contributed by atoms with Gasteiger partial charge in [0.1, 0.15) is 6.04 Å². The maximum absolute atomic E-state index is 12.9. The summed E-state index contributed by atoms with van der Waals surface area (Å²) in [5.74, 6) is -0.370. The first kappa shape index (κ1) is 20.3. The van der Waals surface area contributed by atoms with E-state index in [1.165, 1.54) is 4.90 Å². The zero-order chi connectivity index (χ0) is 19.3. The summed E-state index contributed by atoms with van der Waals surface area (Å²) in [6.07, 6.45) is 0.216. The van der Waals surface area contributed by atoms with E-state index in [1.54, 1.807) is 32.2 Å². The van der Waals surface area contributed by atoms with Crippen molar-refractivity contribution in [3.63, 3.8) is 0 Å². The molecule has 0 saturated carbocycles. The molecule has 0 spiro atoms. The third-order valence-corrected chi connectivity index (χ3v) is 4.79. The summed E-state index contributed by atoms with van der Waals surface area (Å²) in [4.78, 5) is 26.6. The number of nitrogens with one attached hydrogen (secondary N) is 1. The van der Waals surface area contributed by atoms with E-state index in [0.29, 0.717) is 10.0 Å². The maximum Gasteiger partial charge on any atom is 0.242 e. The predicted octanol–water partition coefficient (Wildman–Crippen LogP) is 4.01. The van der Waals surface area contributed by atoms with Gasteiger partial charge in [0.2, 0.25) is 11.8 Å². The largest absolute Gasteiger partial charge is 0.357 e. The van der Waals surface area contributed by atoms with Crippen LogP contribution in [0.25, 0.3) is 0 Å². The third kappa shape index (κ3) is 5.23. The van der Waals surface area contributed by atoms with Crippen molar-refractivity contribution in [2.45, 2.75) is 32.9 Å². The second-order valence-electron chi connectivity index (χ2n) is 6.21. The van der Waals surface area contributed by atoms with Crippen LogP contribution in [0.1, 0.15) is 23.6 Å². The fourth-order valence-corrected chi connectivity index (χ4v) is 3.19. The van der Waals surface area contributed by atoms with E-state index in [9.17, 15) is 9.59 Å². The van der Waals surface area contributed by atoms with Crippen LogP contribution >= 0.6 is 23.2 Å². The Morgan fingerprint density at radius 3 is 2.50 bits per heavy atom. The van der Waals surface area contributed by atoms with Crippen LogP contribution in [0.3, 0.4) is 0 Å². The molecule has 1 N–H and O–H groups in total. The van der Waals surface area contributed by atoms with Gasteiger partial charge in [-0.1, -0.05) is 59.1 Å². The topological polar surface area (TPSA) is 49.4 Å². The van der Waals surface area contributed by atoms with Crippen molar-refractivity contribution in [3.8, 4) is 0 Å². The van der Waals surface area contributed by atoms with Crippen LogP contribution in [0.4, 0.5) is 0 Å². The number of nitrogens with zero attached hydrogens (tertiary/aromatic N) is 1. The molecule has 2 amide bonds. The molecule has 1 atom stereocenters. The highest BCUT2D eigenvalue weighted by molar-refractivity contribution is 6.35. The molecule has 2 aromatic rings. The van der Waals surface area contributed by atoms with Crippen molar-refractivity contribution in [2.24, 2.45) is 0 Å². The summed E-state index contributed by atoms with van der Waals surface area (Å²) >= 11 is 12.2. The molecule has 0 fully saturated rings. The van der Waals surface area contributed by atoms with E-state index >= 15 is 0 Å². The Balaban J connectivity index is 2.27. The molecule has 0 aliphatic rings. The monoisotopic (exact) mass is 392 g/mol. The minimum atomic E-state index is -0.621. The summed E-state index contributed by atoms with van der Waals surface area (Å²) in [5, 5.41) is 3.59. The van der Waals surface area contributed by atoms with Crippen molar-refractivity contribution in [1.82, 2.24) is 10.2 Å². The Kier molecular flexibility index (Phi) is 7.06. The standard InChI is InChI=1S/C20H22Cl2N2O2/c1-13-5-4-6-15(9-13)10-19(25)24(14(2)20(26)23-3)12-16-7-8-17(21)11-18(16)22/h4-9,11,14H,10,12H2,1-3H3,(H,23,26)/t14-/m0/s1. The SMILES string of the molecule is CNC(=O)[C@H](C)N(Cc1ccc(Cl)cc1Cl)C(=O)Cc1cccc(C)c1. The van der Waals surface area contributed by atoms with Crippen LogP contribution in [0.15, 0.2) is 42.5 Å². The molecule has 26 heavy (non-hydrogen) atoms. The molecule has 2 aromatic carbocycles. The van der Waals surface area contributed by atoms with Gasteiger partial charge in [-0.15, -0.1) is 0 Å². The number of halogens is 2. The predicted molar refractivity (Wildman–Crippen MR) is 105 cm³/mol. The van der Waals surface area contributed by atoms with E-state index < -0.39 is 6.04 Å². The summed E-state index contributed by atoms with van der Waals surface area (Å²) in [7, 11) is 1.55. The van der Waals surface area contributed by atoms with Crippen molar-refractivity contribution in [3.05, 3.63) is 69.2 Å². The van der Waals surface area contributed by atoms with Gasteiger partial charge in [0.05, 0.1) is 6.42 Å². The number of amides is 2. The maximum atomic E-state index is 12.9. The fraction of sp³-hybridized carbons (Fsp3) is 0.300. The summed E-state index contributed by atoms with van der Waals surface area (Å²) in [6.45, 7) is 3.92. The molecule has 0 unspecified atom stereocenters. The number of likely N-dealkylation sites (N-methyl/N-ethyl adjacent to an activating group) is 1. The minimum Gasteiger partial charge on any atom is -0.357 e. The van der Waals surface area contributed by atoms with Crippen molar-refractivity contribution in [1.29, 1.82) is 0 Å². The molecule has 0 saturated heterocycles. The lowest BCUT2D eigenvalue weighted by atomic mass is 10.1. The number of rotatable bonds is 6. The number of hydrogen-bond acceptors (Lipinski definition) is 2. The van der Waals surface area contributed by atoms with Gasteiger partial charge >= 0.3 is 0 Å². The van der Waals surface area contributed by atoms with Crippen LogP contribution in [0.2, 0.25) is 10.0 Å². The van der Waals surface area contributed by atoms with Crippen LogP contribution in [-0.4, -0.2) is 29.8 Å². The van der Waals surface area contributed by atoms with Gasteiger partial charge in [-0.05, 0) is 37.1 Å². The molecule has 0 aliphatic heterocycles. The Labute approximate surface area is 164 Å². The molecule has 2 rings (SSSR count). The van der Waals surface area contributed by atoms with Crippen molar-refractivity contribution in [2.75, 3.05) is 7.05 Å². The molecule has 0 aliphatic carbocycles. The first-order valence-electron chi connectivity index (χ1n) is 8.32. The normalized spacial score (nSPS) is 11.7. The van der Waals surface area contributed by atoms with Crippen LogP contribution in [0.5, 0.6) is 0 Å². The molecule has 0 radical (unpaired) electrons. The van der Waals surface area contributed by atoms with Gasteiger partial charge in [0.15, 0.2) is 0 Å². The van der Waals surface area contributed by atoms with Gasteiger partial charge in [0, 0.05) is 23.6 Å². The molecule has 4 nitrogen and oxygen atoms in total. The lowest BCUT2D eigenvalue weighted by molar-refractivity contribution is -0.139. The van der Waals surface area contributed by atoms with E-state index in [0.717, 1.165) is 16.7 Å². The van der Waals surface area contributed by atoms with Crippen molar-refractivity contribution < 1.29 is 9.59 Å². The van der Waals surface area contributed by atoms with E-state index in [1.807, 2.05) is 31.2 Å². The zero-order valence-electron chi connectivity index (χ0n) is 15.1. The molecular formula is C20H22Cl2N2O2. The molecule has 0 aromatic heterocycles. The second-order valence-corrected chi connectivity index (χ2v) is 7.06. The Morgan fingerprint density at radius 2 is 1.88 bits per heavy atom. The number of carbonyl (C=O) groups excluding carboxylic acids is 2. The van der Waals surface area contributed by atoms with Crippen LogP contribution in [-0.2, 0) is 22.6 Å². The molecule has 0 heterocycles. The highest BCUT2D eigenvalue weighted by Crippen LogP contribution is 2.23. The van der Waals surface area contributed by atoms with Gasteiger partial charge < -0.3 is 10.2 Å². The number of hydrogen-bond donors (Lipinski definition) is 1. The first-order valence-corrected chi connectivity index (χ1v) is 9.08. The summed E-state index contributed by atoms with van der Waals surface area (Å²) < 4.78 is 0. The lowest BCUT2D eigenvalue weighted by Crippen LogP contribution is -2.47. The van der Waals surface area contributed by atoms with E-state index in [-0.39, 0.29) is 24.8 Å². The number of carbonyl (C=O) groups is 2. The molecule has 138 valence electrons. The second kappa shape index (κ2) is 9.06. The Hall–Kier alpha value is -2.04. The quantitative estimate of drug-likeness (QED) is 0.806. The first-order chi connectivity index (χ1) is 12.3. The van der Waals surface area contributed by atoms with Crippen LogP contribution < -0.4 is 5.32 Å². The molecule has 0 bridgehead atoms. The summed E-state index contributed by atoms with van der Waals surface area (Å²) in [6, 6.07) is 12.3. The van der Waals surface area contributed by atoms with Crippen molar-refractivity contribution >= 4 is 35.0 Å². The Bertz CT molecular complexity index is 808. The zero-order valence-corrected chi connectivity index (χ0v) is 16.6. The van der Waals surface area contributed by atoms with E-state index in [4.69, 9.17) is 23.2 Å². The van der Waals surface area contributed by atoms with Gasteiger partial charge in [-0.2, -0.15) is 0 Å². The average molecular weight is 393 g/mol. The third-order valence-electron chi connectivity index (χ3n) is 4.21. The number of benzene rings is 2. The minimum absolute atomic E-state index is 0.141. The van der Waals surface area contributed by atoms with Crippen LogP contribution in [0, 0.1) is 6.92 Å². The highest BCUT2D eigenvalue weighted by atomic mass is 35.5. The van der Waals surface area contributed by atoms with Gasteiger partial charge in [-0.3, -0.25) is 9.59 Å². The fourth-order valence-electron chi connectivity index (χ4n) is 2.72. The van der Waals surface area contributed by atoms with E-state index in [2.05, 4.69) is 5.32 Å². The Morgan fingerprint density at radius 1 is 1.15 bits per heavy atom. The highest BCUT2D eigenvalue weighted by Gasteiger charge is 2.26. The van der Waals surface area contributed by atoms with Gasteiger partial charge in [-0.25, -0.2) is 0 Å². The molecular weight excluding hydrogens is 371 g/mol. The summed E-state index contributed by atoms with van der Waals surface area (Å²) in [5.41, 5.74) is 2.73. The molecule has 6 heteroatoms. The average Bonchev–Trinajstić information content (AvgIpc) is 2.59.